The van der Waals surface area contributed by atoms with Crippen LogP contribution in [-0.2, 0) is 13.1 Å². The molecule has 3 rings (SSSR count). The molecule has 7 heteroatoms. The van der Waals surface area contributed by atoms with Crippen molar-refractivity contribution in [1.82, 2.24) is 15.1 Å². The number of hydrogen-bond donors (Lipinski definition) is 2. The molecule has 31 heavy (non-hydrogen) atoms. The van der Waals surface area contributed by atoms with Gasteiger partial charge in [0.25, 0.3) is 5.91 Å². The van der Waals surface area contributed by atoms with E-state index >= 15 is 0 Å². The van der Waals surface area contributed by atoms with Gasteiger partial charge in [-0.05, 0) is 71.0 Å². The smallest absolute Gasteiger partial charge is 0.257 e. The summed E-state index contributed by atoms with van der Waals surface area (Å²) in [6.45, 7) is 11.3. The zero-order valence-corrected chi connectivity index (χ0v) is 20.2. The first-order valence-electron chi connectivity index (χ1n) is 10.3. The molecule has 2 aromatic carbocycles. The molecule has 0 bridgehead atoms. The lowest BCUT2D eigenvalue weighted by atomic mass is 10.1. The fraction of sp³-hybridized carbons (Fsp3) is 0.292. The molecule has 0 radical (unpaired) electrons. The molecule has 0 atom stereocenters. The quantitative estimate of drug-likeness (QED) is 0.383. The van der Waals surface area contributed by atoms with E-state index in [1.165, 1.54) is 0 Å². The molecule has 0 spiro atoms. The zero-order chi connectivity index (χ0) is 22.5. The first-order chi connectivity index (χ1) is 14.8. The number of amides is 1. The molecule has 1 amide bonds. The number of carbonyl (C=O) groups excluding carboxylic acids is 1. The Morgan fingerprint density at radius 1 is 1.06 bits per heavy atom. The number of carbonyl (C=O) groups is 1. The summed E-state index contributed by atoms with van der Waals surface area (Å²) in [6.07, 6.45) is 0. The summed E-state index contributed by atoms with van der Waals surface area (Å²) in [6, 6.07) is 13.5. The lowest BCUT2D eigenvalue weighted by Crippen LogP contribution is -2.36. The van der Waals surface area contributed by atoms with E-state index in [9.17, 15) is 4.79 Å². The minimum atomic E-state index is -0.201. The second-order valence-electron chi connectivity index (χ2n) is 7.59. The number of hydrogen-bond acceptors (Lipinski definition) is 3. The molecule has 0 unspecified atom stereocenters. The van der Waals surface area contributed by atoms with E-state index in [4.69, 9.17) is 4.99 Å². The van der Waals surface area contributed by atoms with E-state index in [2.05, 4.69) is 38.6 Å². The van der Waals surface area contributed by atoms with Gasteiger partial charge in [0.2, 0.25) is 5.96 Å². The van der Waals surface area contributed by atoms with Gasteiger partial charge in [0, 0.05) is 33.5 Å². The van der Waals surface area contributed by atoms with Crippen molar-refractivity contribution in [3.05, 3.63) is 80.6 Å². The van der Waals surface area contributed by atoms with E-state index in [0.717, 1.165) is 44.8 Å². The van der Waals surface area contributed by atoms with Crippen molar-refractivity contribution in [2.45, 2.75) is 47.7 Å². The Kier molecular flexibility index (Phi) is 7.28. The van der Waals surface area contributed by atoms with Crippen molar-refractivity contribution >= 4 is 33.5 Å². The van der Waals surface area contributed by atoms with Crippen LogP contribution in [0.5, 0.6) is 0 Å². The first kappa shape index (κ1) is 22.7. The van der Waals surface area contributed by atoms with Crippen LogP contribution in [-0.4, -0.2) is 21.6 Å². The van der Waals surface area contributed by atoms with Crippen LogP contribution in [0, 0.1) is 27.7 Å². The molecule has 2 N–H and O–H groups in total. The van der Waals surface area contributed by atoms with Crippen molar-refractivity contribution in [2.75, 3.05) is 5.32 Å². The molecule has 3 aromatic rings. The van der Waals surface area contributed by atoms with Crippen LogP contribution in [0.15, 0.2) is 51.9 Å². The van der Waals surface area contributed by atoms with Gasteiger partial charge in [0.05, 0.1) is 12.2 Å². The predicted molar refractivity (Wildman–Crippen MR) is 130 cm³/mol. The SMILES string of the molecule is CCn1nc(C)c(CN=C(NC(=O)c2cc(C)cc(C)c2)Nc2ccc(Br)cc2)c1C. The summed E-state index contributed by atoms with van der Waals surface area (Å²) in [5, 5.41) is 10.7. The van der Waals surface area contributed by atoms with Gasteiger partial charge in [-0.25, -0.2) is 4.99 Å². The fourth-order valence-corrected chi connectivity index (χ4v) is 3.76. The van der Waals surface area contributed by atoms with Gasteiger partial charge in [-0.3, -0.25) is 14.8 Å². The Balaban J connectivity index is 1.88. The van der Waals surface area contributed by atoms with Gasteiger partial charge in [-0.15, -0.1) is 0 Å². The Morgan fingerprint density at radius 2 is 1.71 bits per heavy atom. The van der Waals surface area contributed by atoms with E-state index in [1.807, 2.05) is 74.8 Å². The molecule has 0 saturated heterocycles. The van der Waals surface area contributed by atoms with E-state index in [1.54, 1.807) is 0 Å². The maximum atomic E-state index is 12.9. The third kappa shape index (κ3) is 5.82. The van der Waals surface area contributed by atoms with Gasteiger partial charge in [0.15, 0.2) is 0 Å². The number of aromatic nitrogens is 2. The molecule has 0 fully saturated rings. The molecule has 1 aromatic heterocycles. The molecule has 0 aliphatic carbocycles. The lowest BCUT2D eigenvalue weighted by Gasteiger charge is -2.13. The van der Waals surface area contributed by atoms with Gasteiger partial charge in [0.1, 0.15) is 0 Å². The number of guanidine groups is 1. The largest absolute Gasteiger partial charge is 0.326 e. The topological polar surface area (TPSA) is 71.3 Å². The predicted octanol–water partition coefficient (Wildman–Crippen LogP) is 5.30. The molecule has 6 nitrogen and oxygen atoms in total. The number of nitrogens with one attached hydrogen (secondary N) is 2. The van der Waals surface area contributed by atoms with Gasteiger partial charge in [-0.1, -0.05) is 33.1 Å². The molecule has 0 aliphatic heterocycles. The molecular formula is C24H28BrN5O. The normalized spacial score (nSPS) is 11.5. The average Bonchev–Trinajstić information content (AvgIpc) is 3.00. The minimum absolute atomic E-state index is 0.201. The first-order valence-corrected chi connectivity index (χ1v) is 11.1. The van der Waals surface area contributed by atoms with Crippen LogP contribution in [0.3, 0.4) is 0 Å². The number of halogens is 1. The van der Waals surface area contributed by atoms with Crippen molar-refractivity contribution in [3.63, 3.8) is 0 Å². The van der Waals surface area contributed by atoms with E-state index in [-0.39, 0.29) is 5.91 Å². The summed E-state index contributed by atoms with van der Waals surface area (Å²) in [7, 11) is 0. The highest BCUT2D eigenvalue weighted by Crippen LogP contribution is 2.16. The van der Waals surface area contributed by atoms with Gasteiger partial charge < -0.3 is 5.32 Å². The van der Waals surface area contributed by atoms with Crippen LogP contribution in [0.25, 0.3) is 0 Å². The van der Waals surface area contributed by atoms with Crippen molar-refractivity contribution in [2.24, 2.45) is 4.99 Å². The van der Waals surface area contributed by atoms with E-state index < -0.39 is 0 Å². The highest BCUT2D eigenvalue weighted by molar-refractivity contribution is 9.10. The maximum Gasteiger partial charge on any atom is 0.257 e. The Bertz CT molecular complexity index is 1100. The highest BCUT2D eigenvalue weighted by Gasteiger charge is 2.13. The summed E-state index contributed by atoms with van der Waals surface area (Å²) in [5.74, 6) is 0.197. The molecule has 1 heterocycles. The number of aryl methyl sites for hydroxylation is 4. The Hall–Kier alpha value is -2.93. The molecule has 162 valence electrons. The number of anilines is 1. The second kappa shape index (κ2) is 9.92. The Morgan fingerprint density at radius 3 is 2.29 bits per heavy atom. The van der Waals surface area contributed by atoms with Gasteiger partial charge in [-0.2, -0.15) is 5.10 Å². The number of benzene rings is 2. The summed E-state index contributed by atoms with van der Waals surface area (Å²) >= 11 is 3.45. The third-order valence-electron chi connectivity index (χ3n) is 5.05. The van der Waals surface area contributed by atoms with Crippen LogP contribution in [0.2, 0.25) is 0 Å². The van der Waals surface area contributed by atoms with Crippen LogP contribution < -0.4 is 10.6 Å². The number of aliphatic imine (C=N–C) groups is 1. The Labute approximate surface area is 191 Å². The van der Waals surface area contributed by atoms with E-state index in [0.29, 0.717) is 18.1 Å². The maximum absolute atomic E-state index is 12.9. The third-order valence-corrected chi connectivity index (χ3v) is 5.58. The number of rotatable bonds is 5. The summed E-state index contributed by atoms with van der Waals surface area (Å²) in [5.41, 5.74) is 6.64. The van der Waals surface area contributed by atoms with Crippen LogP contribution >= 0.6 is 15.9 Å². The lowest BCUT2D eigenvalue weighted by molar-refractivity contribution is 0.0976. The van der Waals surface area contributed by atoms with Crippen molar-refractivity contribution < 1.29 is 4.79 Å². The minimum Gasteiger partial charge on any atom is -0.326 e. The standard InChI is InChI=1S/C24H28BrN5O/c1-6-30-18(5)22(17(4)29-30)14-26-24(27-21-9-7-20(25)8-10-21)28-23(31)19-12-15(2)11-16(3)13-19/h7-13H,6,14H2,1-5H3,(H2,26,27,28,31). The van der Waals surface area contributed by atoms with Crippen LogP contribution in [0.1, 0.15) is 45.4 Å². The van der Waals surface area contributed by atoms with Gasteiger partial charge >= 0.3 is 0 Å². The average molecular weight is 482 g/mol. The molecule has 0 aliphatic rings. The van der Waals surface area contributed by atoms with Crippen molar-refractivity contribution in [1.29, 1.82) is 0 Å². The van der Waals surface area contributed by atoms with Crippen molar-refractivity contribution in [3.8, 4) is 0 Å². The summed E-state index contributed by atoms with van der Waals surface area (Å²) < 4.78 is 2.95. The molecule has 0 saturated carbocycles. The van der Waals surface area contributed by atoms with Crippen LogP contribution in [0.4, 0.5) is 5.69 Å². The fourth-order valence-electron chi connectivity index (χ4n) is 3.49. The zero-order valence-electron chi connectivity index (χ0n) is 18.6. The monoisotopic (exact) mass is 481 g/mol. The highest BCUT2D eigenvalue weighted by atomic mass is 79.9. The number of nitrogens with zero attached hydrogens (tertiary/aromatic N) is 3. The summed E-state index contributed by atoms with van der Waals surface area (Å²) in [4.78, 5) is 17.6. The molecular weight excluding hydrogens is 454 g/mol. The second-order valence-corrected chi connectivity index (χ2v) is 8.51.